The molecule has 0 amide bonds. The number of carbonyl (C=O) groups excluding carboxylic acids is 1. The first-order chi connectivity index (χ1) is 9.77. The van der Waals surface area contributed by atoms with Gasteiger partial charge in [0.1, 0.15) is 0 Å². The minimum Gasteiger partial charge on any atom is -0.465 e. The van der Waals surface area contributed by atoms with E-state index in [1.165, 1.54) is 0 Å². The Morgan fingerprint density at radius 2 is 2.00 bits per heavy atom. The van der Waals surface area contributed by atoms with Crippen molar-refractivity contribution in [2.24, 2.45) is 0 Å². The van der Waals surface area contributed by atoms with E-state index >= 15 is 0 Å². The minimum absolute atomic E-state index is 0.174. The van der Waals surface area contributed by atoms with Crippen molar-refractivity contribution in [1.29, 1.82) is 0 Å². The van der Waals surface area contributed by atoms with Gasteiger partial charge in [0.05, 0.1) is 23.9 Å². The van der Waals surface area contributed by atoms with E-state index in [0.717, 1.165) is 24.2 Å². The van der Waals surface area contributed by atoms with Crippen molar-refractivity contribution in [2.45, 2.75) is 32.6 Å². The van der Waals surface area contributed by atoms with Gasteiger partial charge >= 0.3 is 5.97 Å². The predicted octanol–water partition coefficient (Wildman–Crippen LogP) is 3.32. The molecule has 0 aliphatic heterocycles. The predicted molar refractivity (Wildman–Crippen MR) is 77.8 cm³/mol. The third-order valence-electron chi connectivity index (χ3n) is 3.18. The van der Waals surface area contributed by atoms with Gasteiger partial charge in [-0.3, -0.25) is 4.79 Å². The van der Waals surface area contributed by atoms with E-state index in [0.29, 0.717) is 6.61 Å². The molecule has 0 N–H and O–H groups in total. The molecule has 2 rings (SSSR count). The van der Waals surface area contributed by atoms with Crippen molar-refractivity contribution in [1.82, 2.24) is 9.78 Å². The molecular formula is C16H20N2O2. The van der Waals surface area contributed by atoms with Crippen molar-refractivity contribution in [3.8, 4) is 5.69 Å². The van der Waals surface area contributed by atoms with Crippen LogP contribution in [0.1, 0.15) is 38.3 Å². The van der Waals surface area contributed by atoms with E-state index in [-0.39, 0.29) is 11.9 Å². The average molecular weight is 272 g/mol. The molecule has 4 heteroatoms. The maximum Gasteiger partial charge on any atom is 0.315 e. The lowest BCUT2D eigenvalue weighted by molar-refractivity contribution is -0.145. The molecule has 0 fully saturated rings. The van der Waals surface area contributed by atoms with Gasteiger partial charge in [0.15, 0.2) is 0 Å². The Morgan fingerprint density at radius 3 is 2.65 bits per heavy atom. The van der Waals surface area contributed by atoms with Crippen molar-refractivity contribution in [3.63, 3.8) is 0 Å². The second-order valence-electron chi connectivity index (χ2n) is 4.60. The molecule has 0 spiro atoms. The van der Waals surface area contributed by atoms with E-state index in [9.17, 15) is 4.79 Å². The van der Waals surface area contributed by atoms with Gasteiger partial charge in [-0.05, 0) is 31.5 Å². The number of nitrogens with zero attached hydrogens (tertiary/aromatic N) is 2. The van der Waals surface area contributed by atoms with Crippen molar-refractivity contribution in [3.05, 3.63) is 48.3 Å². The standard InChI is InChI=1S/C16H20N2O2/c1-3-8-14(16(19)20-4-2)15-11-12-17-18(15)13-9-6-5-7-10-13/h5-7,9-12,14H,3-4,8H2,1-2H3. The number of aromatic nitrogens is 2. The third-order valence-corrected chi connectivity index (χ3v) is 3.18. The van der Waals surface area contributed by atoms with Crippen LogP contribution in [-0.2, 0) is 9.53 Å². The highest BCUT2D eigenvalue weighted by Crippen LogP contribution is 2.25. The van der Waals surface area contributed by atoms with Crippen LogP contribution < -0.4 is 0 Å². The van der Waals surface area contributed by atoms with Crippen molar-refractivity contribution >= 4 is 5.97 Å². The summed E-state index contributed by atoms with van der Waals surface area (Å²) in [4.78, 5) is 12.2. The van der Waals surface area contributed by atoms with Gasteiger partial charge in [0.2, 0.25) is 0 Å². The van der Waals surface area contributed by atoms with Gasteiger partial charge in [-0.25, -0.2) is 4.68 Å². The fourth-order valence-electron chi connectivity index (χ4n) is 2.28. The number of carbonyl (C=O) groups is 1. The van der Waals surface area contributed by atoms with Gasteiger partial charge in [0.25, 0.3) is 0 Å². The van der Waals surface area contributed by atoms with Crippen LogP contribution in [-0.4, -0.2) is 22.4 Å². The average Bonchev–Trinajstić information content (AvgIpc) is 2.95. The van der Waals surface area contributed by atoms with Gasteiger partial charge in [-0.1, -0.05) is 31.5 Å². The van der Waals surface area contributed by atoms with E-state index in [2.05, 4.69) is 12.0 Å². The normalized spacial score (nSPS) is 12.1. The lowest BCUT2D eigenvalue weighted by atomic mass is 9.99. The molecule has 20 heavy (non-hydrogen) atoms. The molecule has 1 aromatic heterocycles. The summed E-state index contributed by atoms with van der Waals surface area (Å²) >= 11 is 0. The molecule has 1 aromatic carbocycles. The Hall–Kier alpha value is -2.10. The molecule has 106 valence electrons. The van der Waals surface area contributed by atoms with E-state index in [4.69, 9.17) is 4.74 Å². The number of benzene rings is 1. The summed E-state index contributed by atoms with van der Waals surface area (Å²) in [5.74, 6) is -0.435. The zero-order chi connectivity index (χ0) is 14.4. The number of para-hydroxylation sites is 1. The zero-order valence-electron chi connectivity index (χ0n) is 12.0. The second-order valence-corrected chi connectivity index (χ2v) is 4.60. The number of esters is 1. The van der Waals surface area contributed by atoms with Crippen LogP contribution in [0.15, 0.2) is 42.6 Å². The number of rotatable bonds is 6. The summed E-state index contributed by atoms with van der Waals surface area (Å²) in [6.07, 6.45) is 3.41. The summed E-state index contributed by atoms with van der Waals surface area (Å²) in [6.45, 7) is 4.30. The van der Waals surface area contributed by atoms with Gasteiger partial charge in [0, 0.05) is 6.20 Å². The largest absolute Gasteiger partial charge is 0.465 e. The SMILES string of the molecule is CCCC(C(=O)OCC)c1ccnn1-c1ccccc1. The fourth-order valence-corrected chi connectivity index (χ4v) is 2.28. The molecule has 0 saturated heterocycles. The molecule has 4 nitrogen and oxygen atoms in total. The molecule has 1 heterocycles. The Balaban J connectivity index is 2.35. The Morgan fingerprint density at radius 1 is 1.25 bits per heavy atom. The van der Waals surface area contributed by atoms with Crippen LogP contribution in [0.3, 0.4) is 0 Å². The minimum atomic E-state index is -0.261. The maximum absolute atomic E-state index is 12.2. The van der Waals surface area contributed by atoms with Gasteiger partial charge in [-0.15, -0.1) is 0 Å². The lowest BCUT2D eigenvalue weighted by Crippen LogP contribution is -2.19. The van der Waals surface area contributed by atoms with Crippen molar-refractivity contribution in [2.75, 3.05) is 6.61 Å². The summed E-state index contributed by atoms with van der Waals surface area (Å²) in [5, 5.41) is 4.34. The fraction of sp³-hybridized carbons (Fsp3) is 0.375. The number of ether oxygens (including phenoxy) is 1. The molecule has 2 aromatic rings. The van der Waals surface area contributed by atoms with Crippen LogP contribution in [0.25, 0.3) is 5.69 Å². The van der Waals surface area contributed by atoms with Crippen LogP contribution >= 0.6 is 0 Å². The quantitative estimate of drug-likeness (QED) is 0.758. The van der Waals surface area contributed by atoms with Crippen LogP contribution in [0.4, 0.5) is 0 Å². The number of hydrogen-bond donors (Lipinski definition) is 0. The van der Waals surface area contributed by atoms with Crippen LogP contribution in [0, 0.1) is 0 Å². The smallest absolute Gasteiger partial charge is 0.315 e. The molecule has 0 bridgehead atoms. The number of hydrogen-bond acceptors (Lipinski definition) is 3. The first-order valence-corrected chi connectivity index (χ1v) is 7.03. The molecular weight excluding hydrogens is 252 g/mol. The molecule has 0 radical (unpaired) electrons. The highest BCUT2D eigenvalue weighted by Gasteiger charge is 2.25. The zero-order valence-corrected chi connectivity index (χ0v) is 12.0. The van der Waals surface area contributed by atoms with Crippen LogP contribution in [0.5, 0.6) is 0 Å². The summed E-state index contributed by atoms with van der Waals surface area (Å²) in [6, 6.07) is 11.7. The summed E-state index contributed by atoms with van der Waals surface area (Å²) < 4.78 is 7.01. The van der Waals surface area contributed by atoms with E-state index in [1.54, 1.807) is 6.20 Å². The highest BCUT2D eigenvalue weighted by atomic mass is 16.5. The van der Waals surface area contributed by atoms with E-state index < -0.39 is 0 Å². The monoisotopic (exact) mass is 272 g/mol. The third kappa shape index (κ3) is 3.07. The first-order valence-electron chi connectivity index (χ1n) is 7.03. The Labute approximate surface area is 119 Å². The molecule has 0 saturated carbocycles. The molecule has 0 aliphatic carbocycles. The van der Waals surface area contributed by atoms with Gasteiger partial charge < -0.3 is 4.74 Å². The van der Waals surface area contributed by atoms with Crippen molar-refractivity contribution < 1.29 is 9.53 Å². The summed E-state index contributed by atoms with van der Waals surface area (Å²) in [5.41, 5.74) is 1.84. The van der Waals surface area contributed by atoms with Gasteiger partial charge in [-0.2, -0.15) is 5.10 Å². The maximum atomic E-state index is 12.2. The summed E-state index contributed by atoms with van der Waals surface area (Å²) in [7, 11) is 0. The second kappa shape index (κ2) is 6.89. The molecule has 1 atom stereocenters. The first kappa shape index (κ1) is 14.3. The highest BCUT2D eigenvalue weighted by molar-refractivity contribution is 5.77. The Bertz CT molecular complexity index is 549. The topological polar surface area (TPSA) is 44.1 Å². The van der Waals surface area contributed by atoms with Crippen LogP contribution in [0.2, 0.25) is 0 Å². The molecule has 1 unspecified atom stereocenters. The molecule has 0 aliphatic rings. The lowest BCUT2D eigenvalue weighted by Gasteiger charge is -2.16. The van der Waals surface area contributed by atoms with E-state index in [1.807, 2.05) is 48.0 Å². The Kier molecular flexibility index (Phi) is 4.93.